The van der Waals surface area contributed by atoms with Gasteiger partial charge in [0.15, 0.2) is 23.0 Å². The van der Waals surface area contributed by atoms with Crippen LogP contribution in [0, 0.1) is 0 Å². The number of rotatable bonds is 6. The predicted molar refractivity (Wildman–Crippen MR) is 153 cm³/mol. The van der Waals surface area contributed by atoms with Gasteiger partial charge in [-0.2, -0.15) is 9.78 Å². The molecule has 0 spiro atoms. The van der Waals surface area contributed by atoms with Gasteiger partial charge in [0.2, 0.25) is 6.79 Å². The van der Waals surface area contributed by atoms with Crippen molar-refractivity contribution in [1.29, 1.82) is 0 Å². The molecular formula is C28H25Br2N3O5. The lowest BCUT2D eigenvalue weighted by Crippen LogP contribution is -2.29. The summed E-state index contributed by atoms with van der Waals surface area (Å²) in [4.78, 5) is 18.2. The summed E-state index contributed by atoms with van der Waals surface area (Å²) in [6.07, 6.45) is 1.61. The summed E-state index contributed by atoms with van der Waals surface area (Å²) in [6.45, 7) is 6.53. The van der Waals surface area contributed by atoms with Crippen molar-refractivity contribution in [3.05, 3.63) is 84.8 Å². The fourth-order valence-electron chi connectivity index (χ4n) is 3.98. The first-order valence-electron chi connectivity index (χ1n) is 11.8. The molecule has 0 aliphatic carbocycles. The first-order chi connectivity index (χ1) is 18.1. The number of benzene rings is 3. The van der Waals surface area contributed by atoms with Crippen LogP contribution in [0.25, 0.3) is 10.9 Å². The average Bonchev–Trinajstić information content (AvgIpc) is 3.35. The van der Waals surface area contributed by atoms with Crippen LogP contribution in [0.15, 0.2) is 67.4 Å². The number of hydrogen-bond acceptors (Lipinski definition) is 7. The Morgan fingerprint density at radius 2 is 1.84 bits per heavy atom. The van der Waals surface area contributed by atoms with Crippen LogP contribution in [0.4, 0.5) is 0 Å². The molecule has 0 amide bonds. The van der Waals surface area contributed by atoms with Gasteiger partial charge in [0.25, 0.3) is 5.56 Å². The van der Waals surface area contributed by atoms with Gasteiger partial charge in [-0.1, -0.05) is 42.8 Å². The molecule has 1 aliphatic rings. The van der Waals surface area contributed by atoms with Crippen LogP contribution in [0.2, 0.25) is 0 Å². The zero-order chi connectivity index (χ0) is 27.0. The monoisotopic (exact) mass is 641 g/mol. The zero-order valence-corrected chi connectivity index (χ0v) is 24.4. The van der Waals surface area contributed by atoms with Crippen molar-refractivity contribution in [3.8, 4) is 23.0 Å². The minimum atomic E-state index is -0.418. The number of ether oxygens (including phenoxy) is 4. The summed E-state index contributed by atoms with van der Waals surface area (Å²) in [5.41, 5.74) is 1.60. The molecule has 1 aliphatic heterocycles. The Kier molecular flexibility index (Phi) is 7.19. The van der Waals surface area contributed by atoms with Gasteiger partial charge in [-0.3, -0.25) is 4.79 Å². The van der Waals surface area contributed by atoms with Crippen LogP contribution in [0.1, 0.15) is 37.7 Å². The van der Waals surface area contributed by atoms with Gasteiger partial charge in [-0.15, -0.1) is 0 Å². The van der Waals surface area contributed by atoms with E-state index in [4.69, 9.17) is 23.9 Å². The van der Waals surface area contributed by atoms with Crippen LogP contribution >= 0.6 is 31.9 Å². The summed E-state index contributed by atoms with van der Waals surface area (Å²) < 4.78 is 25.3. The summed E-state index contributed by atoms with van der Waals surface area (Å²) in [7, 11) is 1.57. The number of halogens is 2. The molecule has 4 aromatic rings. The van der Waals surface area contributed by atoms with E-state index in [9.17, 15) is 4.79 Å². The Balaban J connectivity index is 1.47. The first-order valence-corrected chi connectivity index (χ1v) is 13.4. The van der Waals surface area contributed by atoms with Crippen LogP contribution in [-0.2, 0) is 12.0 Å². The maximum absolute atomic E-state index is 13.4. The number of methoxy groups -OCH3 is 1. The molecule has 10 heteroatoms. The van der Waals surface area contributed by atoms with Crippen molar-refractivity contribution >= 4 is 49.0 Å². The van der Waals surface area contributed by atoms with E-state index in [2.05, 4.69) is 37.0 Å². The second kappa shape index (κ2) is 10.4. The molecule has 0 unspecified atom stereocenters. The maximum Gasteiger partial charge on any atom is 0.282 e. The van der Waals surface area contributed by atoms with Gasteiger partial charge < -0.3 is 18.9 Å². The second-order valence-electron chi connectivity index (χ2n) is 9.71. The lowest BCUT2D eigenvalue weighted by Gasteiger charge is -2.21. The molecule has 5 rings (SSSR count). The summed E-state index contributed by atoms with van der Waals surface area (Å²) in [5, 5.41) is 5.04. The molecule has 3 aromatic carbocycles. The molecule has 0 fully saturated rings. The van der Waals surface area contributed by atoms with E-state index in [-0.39, 0.29) is 12.4 Å². The standard InChI is InChI=1S/C28H25Br2N3O5/c1-28(2,3)27-32-21-7-6-18(29)11-19(21)26(34)33(27)31-13-17-10-23(35-4)25(12-20(17)30)36-14-16-5-8-22-24(9-16)38-15-37-22/h5-13H,14-15H2,1-4H3. The van der Waals surface area contributed by atoms with E-state index in [1.165, 1.54) is 4.68 Å². The maximum atomic E-state index is 13.4. The minimum absolute atomic E-state index is 0.222. The first kappa shape index (κ1) is 26.2. The molecule has 0 N–H and O–H groups in total. The third kappa shape index (κ3) is 5.28. The molecule has 0 bridgehead atoms. The van der Waals surface area contributed by atoms with Crippen molar-refractivity contribution in [1.82, 2.24) is 9.66 Å². The Morgan fingerprint density at radius 3 is 2.61 bits per heavy atom. The normalized spacial score (nSPS) is 12.9. The second-order valence-corrected chi connectivity index (χ2v) is 11.5. The highest BCUT2D eigenvalue weighted by Gasteiger charge is 2.23. The van der Waals surface area contributed by atoms with E-state index in [1.807, 2.05) is 57.2 Å². The topological polar surface area (TPSA) is 84.2 Å². The molecule has 0 saturated carbocycles. The number of aromatic nitrogens is 2. The molecule has 1 aromatic heterocycles. The van der Waals surface area contributed by atoms with Crippen molar-refractivity contribution in [2.45, 2.75) is 32.8 Å². The fraction of sp³-hybridized carbons (Fsp3) is 0.250. The van der Waals surface area contributed by atoms with Crippen molar-refractivity contribution in [3.63, 3.8) is 0 Å². The smallest absolute Gasteiger partial charge is 0.282 e. The number of nitrogens with zero attached hydrogens (tertiary/aromatic N) is 3. The van der Waals surface area contributed by atoms with Crippen LogP contribution < -0.4 is 24.5 Å². The van der Waals surface area contributed by atoms with Crippen LogP contribution in [0.3, 0.4) is 0 Å². The van der Waals surface area contributed by atoms with Gasteiger partial charge in [0.05, 0.1) is 24.2 Å². The van der Waals surface area contributed by atoms with E-state index >= 15 is 0 Å². The van der Waals surface area contributed by atoms with Gasteiger partial charge in [-0.05, 0) is 64.0 Å². The molecule has 196 valence electrons. The summed E-state index contributed by atoms with van der Waals surface area (Å²) >= 11 is 7.04. The van der Waals surface area contributed by atoms with Gasteiger partial charge in [0.1, 0.15) is 12.4 Å². The van der Waals surface area contributed by atoms with Gasteiger partial charge in [0, 0.05) is 19.9 Å². The molecule has 38 heavy (non-hydrogen) atoms. The lowest BCUT2D eigenvalue weighted by molar-refractivity contribution is 0.174. The summed E-state index contributed by atoms with van der Waals surface area (Å²) in [6, 6.07) is 14.8. The van der Waals surface area contributed by atoms with Crippen LogP contribution in [-0.4, -0.2) is 29.8 Å². The van der Waals surface area contributed by atoms with Gasteiger partial charge in [-0.25, -0.2) is 4.98 Å². The zero-order valence-electron chi connectivity index (χ0n) is 21.2. The lowest BCUT2D eigenvalue weighted by atomic mass is 9.95. The van der Waals surface area contributed by atoms with Crippen molar-refractivity contribution in [2.75, 3.05) is 13.9 Å². The molecule has 0 atom stereocenters. The largest absolute Gasteiger partial charge is 0.493 e. The molecule has 8 nitrogen and oxygen atoms in total. The third-order valence-corrected chi connectivity index (χ3v) is 7.09. The molecular weight excluding hydrogens is 618 g/mol. The molecule has 0 radical (unpaired) electrons. The SMILES string of the molecule is COc1cc(C=Nn2c(C(C)(C)C)nc3ccc(Br)cc3c2=O)c(Br)cc1OCc1ccc2c(c1)OCO2. The molecule has 0 saturated heterocycles. The Hall–Kier alpha value is -3.37. The Morgan fingerprint density at radius 1 is 1.05 bits per heavy atom. The molecule has 2 heterocycles. The van der Waals surface area contributed by atoms with E-state index in [0.717, 1.165) is 20.3 Å². The van der Waals surface area contributed by atoms with E-state index < -0.39 is 5.41 Å². The van der Waals surface area contributed by atoms with Crippen LogP contribution in [0.5, 0.6) is 23.0 Å². The Bertz CT molecular complexity index is 1630. The average molecular weight is 643 g/mol. The minimum Gasteiger partial charge on any atom is -0.493 e. The van der Waals surface area contributed by atoms with E-state index in [0.29, 0.717) is 46.1 Å². The summed E-state index contributed by atoms with van der Waals surface area (Å²) in [5.74, 6) is 3.06. The predicted octanol–water partition coefficient (Wildman–Crippen LogP) is 6.42. The Labute approximate surface area is 236 Å². The van der Waals surface area contributed by atoms with Gasteiger partial charge >= 0.3 is 0 Å². The fourth-order valence-corrected chi connectivity index (χ4v) is 4.76. The van der Waals surface area contributed by atoms with Crippen molar-refractivity contribution < 1.29 is 18.9 Å². The number of fused-ring (bicyclic) bond motifs is 2. The number of hydrogen-bond donors (Lipinski definition) is 0. The highest BCUT2D eigenvalue weighted by atomic mass is 79.9. The van der Waals surface area contributed by atoms with Crippen molar-refractivity contribution in [2.24, 2.45) is 5.10 Å². The highest BCUT2D eigenvalue weighted by molar-refractivity contribution is 9.10. The quantitative estimate of drug-likeness (QED) is 0.226. The third-order valence-electron chi connectivity index (χ3n) is 5.91. The highest BCUT2D eigenvalue weighted by Crippen LogP contribution is 2.35. The van der Waals surface area contributed by atoms with E-state index in [1.54, 1.807) is 25.5 Å².